The van der Waals surface area contributed by atoms with Crippen LogP contribution < -0.4 is 4.90 Å². The summed E-state index contributed by atoms with van der Waals surface area (Å²) < 4.78 is 1.76. The van der Waals surface area contributed by atoms with E-state index in [2.05, 4.69) is 39.2 Å². The first-order valence-electron chi connectivity index (χ1n) is 9.44. The van der Waals surface area contributed by atoms with Crippen LogP contribution in [-0.2, 0) is 13.5 Å². The van der Waals surface area contributed by atoms with Crippen molar-refractivity contribution in [3.8, 4) is 11.3 Å². The maximum Gasteiger partial charge on any atom is 0.147 e. The van der Waals surface area contributed by atoms with E-state index in [4.69, 9.17) is 4.98 Å². The number of aryl methyl sites for hydroxylation is 2. The van der Waals surface area contributed by atoms with Crippen LogP contribution in [-0.4, -0.2) is 43.5 Å². The maximum absolute atomic E-state index is 11.0. The molecule has 0 atom stereocenters. The van der Waals surface area contributed by atoms with E-state index < -0.39 is 5.60 Å². The zero-order valence-corrected chi connectivity index (χ0v) is 15.6. The summed E-state index contributed by atoms with van der Waals surface area (Å²) in [5.74, 6) is 0.862. The molecule has 2 aromatic heterocycles. The Hall–Kier alpha value is -2.73. The van der Waals surface area contributed by atoms with Gasteiger partial charge in [-0.3, -0.25) is 9.67 Å². The average molecular weight is 363 g/mol. The molecule has 0 amide bonds. The van der Waals surface area contributed by atoms with Gasteiger partial charge in [0.1, 0.15) is 5.82 Å². The van der Waals surface area contributed by atoms with E-state index in [0.29, 0.717) is 0 Å². The third-order valence-electron chi connectivity index (χ3n) is 5.36. The van der Waals surface area contributed by atoms with Gasteiger partial charge in [-0.1, -0.05) is 30.3 Å². The van der Waals surface area contributed by atoms with Crippen molar-refractivity contribution in [3.05, 3.63) is 60.7 Å². The third kappa shape index (κ3) is 4.17. The lowest BCUT2D eigenvalue weighted by Gasteiger charge is -2.38. The van der Waals surface area contributed by atoms with Crippen molar-refractivity contribution < 1.29 is 5.11 Å². The number of anilines is 1. The average Bonchev–Trinajstić information content (AvgIpc) is 3.15. The predicted octanol–water partition coefficient (Wildman–Crippen LogP) is 2.84. The highest BCUT2D eigenvalue weighted by molar-refractivity contribution is 5.58. The molecule has 1 N–H and O–H groups in total. The Bertz CT molecular complexity index is 884. The van der Waals surface area contributed by atoms with E-state index in [-0.39, 0.29) is 0 Å². The second kappa shape index (κ2) is 7.48. The zero-order valence-electron chi connectivity index (χ0n) is 15.6. The molecule has 6 nitrogen and oxygen atoms in total. The Morgan fingerprint density at radius 2 is 1.85 bits per heavy atom. The summed E-state index contributed by atoms with van der Waals surface area (Å²) in [5.41, 5.74) is 2.47. The number of rotatable bonds is 5. The minimum absolute atomic E-state index is 0.596. The predicted molar refractivity (Wildman–Crippen MR) is 105 cm³/mol. The van der Waals surface area contributed by atoms with Gasteiger partial charge in [0, 0.05) is 31.9 Å². The van der Waals surface area contributed by atoms with Crippen molar-refractivity contribution in [2.75, 3.05) is 18.0 Å². The standard InChI is InChI=1S/C21H25N5O/c1-25-16-18(13-23-25)19-14-22-15-20(24-19)26-11-9-21(27,10-12-26)8-7-17-5-3-2-4-6-17/h2-6,13-16,27H,7-12H2,1H3. The van der Waals surface area contributed by atoms with Crippen molar-refractivity contribution in [1.82, 2.24) is 19.7 Å². The number of hydrogen-bond acceptors (Lipinski definition) is 5. The van der Waals surface area contributed by atoms with Gasteiger partial charge in [-0.15, -0.1) is 0 Å². The second-order valence-corrected chi connectivity index (χ2v) is 7.36. The molecule has 3 heterocycles. The number of nitrogens with zero attached hydrogens (tertiary/aromatic N) is 5. The van der Waals surface area contributed by atoms with E-state index in [1.807, 2.05) is 19.3 Å². The number of benzene rings is 1. The van der Waals surface area contributed by atoms with E-state index in [0.717, 1.165) is 55.8 Å². The Labute approximate surface area is 159 Å². The first-order chi connectivity index (χ1) is 13.1. The summed E-state index contributed by atoms with van der Waals surface area (Å²) in [5, 5.41) is 15.2. The second-order valence-electron chi connectivity index (χ2n) is 7.36. The van der Waals surface area contributed by atoms with Gasteiger partial charge < -0.3 is 10.0 Å². The molecule has 140 valence electrons. The van der Waals surface area contributed by atoms with E-state index in [1.165, 1.54) is 5.56 Å². The monoisotopic (exact) mass is 363 g/mol. The number of aliphatic hydroxyl groups is 1. The zero-order chi connectivity index (χ0) is 18.7. The molecule has 1 saturated heterocycles. The highest BCUT2D eigenvalue weighted by Gasteiger charge is 2.32. The molecular formula is C21H25N5O. The van der Waals surface area contributed by atoms with E-state index >= 15 is 0 Å². The van der Waals surface area contributed by atoms with Crippen LogP contribution in [0.15, 0.2) is 55.1 Å². The molecular weight excluding hydrogens is 338 g/mol. The first-order valence-corrected chi connectivity index (χ1v) is 9.44. The Kier molecular flexibility index (Phi) is 4.90. The highest BCUT2D eigenvalue weighted by Crippen LogP contribution is 2.29. The quantitative estimate of drug-likeness (QED) is 0.755. The molecule has 1 fully saturated rings. The van der Waals surface area contributed by atoms with Gasteiger partial charge in [-0.2, -0.15) is 5.10 Å². The van der Waals surface area contributed by atoms with Gasteiger partial charge in [0.2, 0.25) is 0 Å². The van der Waals surface area contributed by atoms with Gasteiger partial charge in [0.15, 0.2) is 0 Å². The lowest BCUT2D eigenvalue weighted by atomic mass is 9.86. The maximum atomic E-state index is 11.0. The fourth-order valence-corrected chi connectivity index (χ4v) is 3.62. The molecule has 3 aromatic rings. The van der Waals surface area contributed by atoms with Crippen LogP contribution in [0.25, 0.3) is 11.3 Å². The first kappa shape index (κ1) is 17.7. The van der Waals surface area contributed by atoms with Crippen LogP contribution >= 0.6 is 0 Å². The summed E-state index contributed by atoms with van der Waals surface area (Å²) in [4.78, 5) is 11.3. The molecule has 0 radical (unpaired) electrons. The molecule has 27 heavy (non-hydrogen) atoms. The Morgan fingerprint density at radius 1 is 1.07 bits per heavy atom. The van der Waals surface area contributed by atoms with Gasteiger partial charge in [0.05, 0.1) is 29.9 Å². The normalized spacial score (nSPS) is 16.4. The fraction of sp³-hybridized carbons (Fsp3) is 0.381. The molecule has 1 aliphatic heterocycles. The number of piperidine rings is 1. The lowest BCUT2D eigenvalue weighted by Crippen LogP contribution is -2.45. The molecule has 1 aliphatic rings. The third-order valence-corrected chi connectivity index (χ3v) is 5.36. The van der Waals surface area contributed by atoms with Crippen LogP contribution in [0.3, 0.4) is 0 Å². The molecule has 1 aromatic carbocycles. The summed E-state index contributed by atoms with van der Waals surface area (Å²) >= 11 is 0. The minimum atomic E-state index is -0.596. The summed E-state index contributed by atoms with van der Waals surface area (Å²) in [6.45, 7) is 1.58. The molecule has 0 bridgehead atoms. The number of aromatic nitrogens is 4. The van der Waals surface area contributed by atoms with Gasteiger partial charge in [0.25, 0.3) is 0 Å². The fourth-order valence-electron chi connectivity index (χ4n) is 3.62. The largest absolute Gasteiger partial charge is 0.390 e. The van der Waals surface area contributed by atoms with Crippen molar-refractivity contribution in [3.63, 3.8) is 0 Å². The van der Waals surface area contributed by atoms with E-state index in [9.17, 15) is 5.11 Å². The molecule has 0 unspecified atom stereocenters. The summed E-state index contributed by atoms with van der Waals surface area (Å²) in [6.07, 6.45) is 10.5. The summed E-state index contributed by atoms with van der Waals surface area (Å²) in [6, 6.07) is 10.4. The Balaban J connectivity index is 1.39. The van der Waals surface area contributed by atoms with Gasteiger partial charge in [-0.25, -0.2) is 4.98 Å². The van der Waals surface area contributed by atoms with Crippen molar-refractivity contribution >= 4 is 5.82 Å². The van der Waals surface area contributed by atoms with Crippen LogP contribution in [0.1, 0.15) is 24.8 Å². The Morgan fingerprint density at radius 3 is 2.56 bits per heavy atom. The topological polar surface area (TPSA) is 67.1 Å². The molecule has 0 spiro atoms. The van der Waals surface area contributed by atoms with E-state index in [1.54, 1.807) is 23.3 Å². The molecule has 0 saturated carbocycles. The number of hydrogen-bond donors (Lipinski definition) is 1. The van der Waals surface area contributed by atoms with Crippen molar-refractivity contribution in [2.45, 2.75) is 31.3 Å². The smallest absolute Gasteiger partial charge is 0.147 e. The highest BCUT2D eigenvalue weighted by atomic mass is 16.3. The molecule has 4 rings (SSSR count). The molecule has 6 heteroatoms. The van der Waals surface area contributed by atoms with Gasteiger partial charge in [-0.05, 0) is 31.2 Å². The van der Waals surface area contributed by atoms with Crippen LogP contribution in [0.2, 0.25) is 0 Å². The van der Waals surface area contributed by atoms with Crippen LogP contribution in [0, 0.1) is 0 Å². The summed E-state index contributed by atoms with van der Waals surface area (Å²) in [7, 11) is 1.89. The van der Waals surface area contributed by atoms with Crippen molar-refractivity contribution in [1.29, 1.82) is 0 Å². The SMILES string of the molecule is Cn1cc(-c2cncc(N3CCC(O)(CCc4ccccc4)CC3)n2)cn1. The van der Waals surface area contributed by atoms with Gasteiger partial charge >= 0.3 is 0 Å². The molecule has 0 aliphatic carbocycles. The van der Waals surface area contributed by atoms with Crippen LogP contribution in [0.4, 0.5) is 5.82 Å². The minimum Gasteiger partial charge on any atom is -0.390 e. The lowest BCUT2D eigenvalue weighted by molar-refractivity contribution is 0.00818. The van der Waals surface area contributed by atoms with Crippen LogP contribution in [0.5, 0.6) is 0 Å². The van der Waals surface area contributed by atoms with Crippen molar-refractivity contribution in [2.24, 2.45) is 7.05 Å².